The van der Waals surface area contributed by atoms with Crippen LogP contribution < -0.4 is 10.6 Å². The largest absolute Gasteiger partial charge is 0.324 e. The highest BCUT2D eigenvalue weighted by Crippen LogP contribution is 2.31. The fourth-order valence-electron chi connectivity index (χ4n) is 1.78. The first kappa shape index (κ1) is 9.93. The maximum absolute atomic E-state index is 11.6. The van der Waals surface area contributed by atoms with Crippen LogP contribution in [0.3, 0.4) is 0 Å². The van der Waals surface area contributed by atoms with Crippen LogP contribution in [-0.2, 0) is 4.79 Å². The van der Waals surface area contributed by atoms with Crippen molar-refractivity contribution in [1.82, 2.24) is 5.32 Å². The molecule has 1 unspecified atom stereocenters. The molecule has 2 N–H and O–H groups in total. The molecule has 3 nitrogen and oxygen atoms in total. The summed E-state index contributed by atoms with van der Waals surface area (Å²) in [6.07, 6.45) is 1.75. The van der Waals surface area contributed by atoms with Crippen molar-refractivity contribution in [2.45, 2.75) is 13.0 Å². The van der Waals surface area contributed by atoms with Crippen molar-refractivity contribution in [3.63, 3.8) is 0 Å². The minimum atomic E-state index is -0.238. The van der Waals surface area contributed by atoms with Crippen molar-refractivity contribution in [2.24, 2.45) is 0 Å². The number of rotatable bonds is 3. The van der Waals surface area contributed by atoms with E-state index in [1.165, 1.54) is 0 Å². The number of benzene rings is 1. The summed E-state index contributed by atoms with van der Waals surface area (Å²) in [5.41, 5.74) is 3.10. The molecule has 0 saturated carbocycles. The molecule has 1 amide bonds. The molecule has 0 bridgehead atoms. The predicted molar refractivity (Wildman–Crippen MR) is 60.7 cm³/mol. The van der Waals surface area contributed by atoms with Crippen LogP contribution in [0.5, 0.6) is 0 Å². The van der Waals surface area contributed by atoms with Crippen molar-refractivity contribution >= 4 is 11.6 Å². The van der Waals surface area contributed by atoms with Gasteiger partial charge in [0.1, 0.15) is 6.04 Å². The first-order valence-corrected chi connectivity index (χ1v) is 4.98. The normalized spacial score (nSPS) is 18.5. The minimum Gasteiger partial charge on any atom is -0.324 e. The molecule has 0 fully saturated rings. The molecule has 1 atom stereocenters. The molecule has 1 aromatic carbocycles. The summed E-state index contributed by atoms with van der Waals surface area (Å²) < 4.78 is 0. The fourth-order valence-corrected chi connectivity index (χ4v) is 1.78. The smallest absolute Gasteiger partial charge is 0.246 e. The van der Waals surface area contributed by atoms with Gasteiger partial charge in [0, 0.05) is 17.8 Å². The number of fused-ring (bicyclic) bond motifs is 1. The third-order valence-corrected chi connectivity index (χ3v) is 2.50. The van der Waals surface area contributed by atoms with Crippen LogP contribution in [0, 0.1) is 6.92 Å². The molecule has 0 aliphatic carbocycles. The second-order valence-corrected chi connectivity index (χ2v) is 3.71. The van der Waals surface area contributed by atoms with Gasteiger partial charge in [-0.2, -0.15) is 0 Å². The van der Waals surface area contributed by atoms with Gasteiger partial charge < -0.3 is 5.32 Å². The Kier molecular flexibility index (Phi) is 2.56. The lowest BCUT2D eigenvalue weighted by Gasteiger charge is -2.09. The third kappa shape index (κ3) is 1.78. The molecule has 1 aliphatic heterocycles. The quantitative estimate of drug-likeness (QED) is 0.733. The highest BCUT2D eigenvalue weighted by atomic mass is 16.2. The van der Waals surface area contributed by atoms with Gasteiger partial charge in [-0.15, -0.1) is 6.58 Å². The number of hydrogen-bond donors (Lipinski definition) is 2. The Labute approximate surface area is 89.2 Å². The number of carbonyl (C=O) groups is 1. The lowest BCUT2D eigenvalue weighted by Crippen LogP contribution is -2.27. The van der Waals surface area contributed by atoms with Gasteiger partial charge in [-0.25, -0.2) is 0 Å². The number of hydrogen-bond acceptors (Lipinski definition) is 2. The van der Waals surface area contributed by atoms with Crippen molar-refractivity contribution in [3.8, 4) is 0 Å². The minimum absolute atomic E-state index is 0.0115. The van der Waals surface area contributed by atoms with E-state index in [4.69, 9.17) is 0 Å². The number of aryl methyl sites for hydroxylation is 1. The van der Waals surface area contributed by atoms with Crippen LogP contribution in [0.15, 0.2) is 30.9 Å². The van der Waals surface area contributed by atoms with Crippen LogP contribution in [0.1, 0.15) is 17.2 Å². The number of anilines is 1. The topological polar surface area (TPSA) is 41.1 Å². The summed E-state index contributed by atoms with van der Waals surface area (Å²) in [5, 5.41) is 5.98. The first-order chi connectivity index (χ1) is 7.22. The van der Waals surface area contributed by atoms with Gasteiger partial charge in [0.15, 0.2) is 0 Å². The second kappa shape index (κ2) is 3.87. The van der Waals surface area contributed by atoms with Crippen molar-refractivity contribution in [1.29, 1.82) is 0 Å². The Morgan fingerprint density at radius 2 is 2.40 bits per heavy atom. The van der Waals surface area contributed by atoms with E-state index in [0.29, 0.717) is 6.54 Å². The summed E-state index contributed by atoms with van der Waals surface area (Å²) in [6.45, 7) is 6.28. The van der Waals surface area contributed by atoms with E-state index in [2.05, 4.69) is 17.2 Å². The molecule has 15 heavy (non-hydrogen) atoms. The van der Waals surface area contributed by atoms with Gasteiger partial charge >= 0.3 is 0 Å². The van der Waals surface area contributed by atoms with E-state index < -0.39 is 0 Å². The lowest BCUT2D eigenvalue weighted by molar-refractivity contribution is -0.117. The Bertz CT molecular complexity index is 412. The number of nitrogens with one attached hydrogen (secondary N) is 2. The fraction of sp³-hybridized carbons (Fsp3) is 0.250. The summed E-state index contributed by atoms with van der Waals surface area (Å²) in [5.74, 6) is 0.0115. The molecule has 0 aromatic heterocycles. The Balaban J connectivity index is 2.30. The van der Waals surface area contributed by atoms with E-state index in [1.54, 1.807) is 6.08 Å². The van der Waals surface area contributed by atoms with Crippen molar-refractivity contribution < 1.29 is 4.79 Å². The molecule has 2 rings (SSSR count). The van der Waals surface area contributed by atoms with Crippen LogP contribution >= 0.6 is 0 Å². The molecular formula is C12H14N2O. The Morgan fingerprint density at radius 3 is 3.13 bits per heavy atom. The highest BCUT2D eigenvalue weighted by molar-refractivity contribution is 6.02. The average Bonchev–Trinajstić information content (AvgIpc) is 2.51. The summed E-state index contributed by atoms with van der Waals surface area (Å²) in [7, 11) is 0. The molecule has 3 heteroatoms. The second-order valence-electron chi connectivity index (χ2n) is 3.71. The summed E-state index contributed by atoms with van der Waals surface area (Å²) in [6, 6.07) is 5.74. The number of amides is 1. The van der Waals surface area contributed by atoms with E-state index in [0.717, 1.165) is 16.8 Å². The van der Waals surface area contributed by atoms with E-state index in [-0.39, 0.29) is 11.9 Å². The van der Waals surface area contributed by atoms with E-state index in [9.17, 15) is 4.79 Å². The molecule has 78 valence electrons. The molecule has 1 aliphatic rings. The van der Waals surface area contributed by atoms with E-state index >= 15 is 0 Å². The monoisotopic (exact) mass is 202 g/mol. The molecule has 0 saturated heterocycles. The predicted octanol–water partition coefficient (Wildman–Crippen LogP) is 1.76. The zero-order valence-electron chi connectivity index (χ0n) is 8.71. The van der Waals surface area contributed by atoms with Gasteiger partial charge in [-0.05, 0) is 13.0 Å². The van der Waals surface area contributed by atoms with Gasteiger partial charge in [0.2, 0.25) is 5.91 Å². The zero-order valence-corrected chi connectivity index (χ0v) is 8.71. The summed E-state index contributed by atoms with van der Waals surface area (Å²) >= 11 is 0. The third-order valence-electron chi connectivity index (χ3n) is 2.50. The number of carbonyl (C=O) groups excluding carboxylic acids is 1. The van der Waals surface area contributed by atoms with Crippen molar-refractivity contribution in [2.75, 3.05) is 11.9 Å². The molecular weight excluding hydrogens is 188 g/mol. The van der Waals surface area contributed by atoms with Crippen LogP contribution in [-0.4, -0.2) is 12.5 Å². The Hall–Kier alpha value is -1.61. The van der Waals surface area contributed by atoms with Gasteiger partial charge in [-0.3, -0.25) is 10.1 Å². The van der Waals surface area contributed by atoms with Crippen molar-refractivity contribution in [3.05, 3.63) is 42.0 Å². The maximum atomic E-state index is 11.6. The molecule has 1 aromatic rings. The SMILES string of the molecule is C=CCNC1C(=O)Nc2ccc(C)cc21. The van der Waals surface area contributed by atoms with Gasteiger partial charge in [0.25, 0.3) is 0 Å². The zero-order chi connectivity index (χ0) is 10.8. The van der Waals surface area contributed by atoms with E-state index in [1.807, 2.05) is 25.1 Å². The molecule has 1 heterocycles. The van der Waals surface area contributed by atoms with Gasteiger partial charge in [-0.1, -0.05) is 23.8 Å². The summed E-state index contributed by atoms with van der Waals surface area (Å²) in [4.78, 5) is 11.6. The maximum Gasteiger partial charge on any atom is 0.246 e. The Morgan fingerprint density at radius 1 is 1.60 bits per heavy atom. The average molecular weight is 202 g/mol. The van der Waals surface area contributed by atoms with Crippen LogP contribution in [0.4, 0.5) is 5.69 Å². The first-order valence-electron chi connectivity index (χ1n) is 4.98. The standard InChI is InChI=1S/C12H14N2O/c1-3-6-13-11-9-7-8(2)4-5-10(9)14-12(11)15/h3-5,7,11,13H,1,6H2,2H3,(H,14,15). The lowest BCUT2D eigenvalue weighted by atomic mass is 10.1. The molecule has 0 spiro atoms. The highest BCUT2D eigenvalue weighted by Gasteiger charge is 2.29. The van der Waals surface area contributed by atoms with Gasteiger partial charge in [0.05, 0.1) is 0 Å². The molecule has 0 radical (unpaired) electrons. The van der Waals surface area contributed by atoms with Crippen LogP contribution in [0.25, 0.3) is 0 Å². The van der Waals surface area contributed by atoms with Crippen LogP contribution in [0.2, 0.25) is 0 Å².